The second-order valence-corrected chi connectivity index (χ2v) is 5.08. The summed E-state index contributed by atoms with van der Waals surface area (Å²) < 4.78 is 0. The van der Waals surface area contributed by atoms with Gasteiger partial charge in [0, 0.05) is 25.7 Å². The fraction of sp³-hybridized carbons (Fsp3) is 0.571. The smallest absolute Gasteiger partial charge is 0.300 e. The summed E-state index contributed by atoms with van der Waals surface area (Å²) in [6.45, 7) is 3.87. The average Bonchev–Trinajstić information content (AvgIpc) is 2.75. The van der Waals surface area contributed by atoms with Gasteiger partial charge < -0.3 is 10.2 Å². The molecule has 1 amide bonds. The Hall–Kier alpha value is -2.18. The molecule has 2 heterocycles. The Morgan fingerprint density at radius 3 is 2.62 bits per heavy atom. The molecule has 0 aliphatic carbocycles. The molecule has 1 aromatic heterocycles. The number of anilines is 1. The van der Waals surface area contributed by atoms with Crippen LogP contribution in [0.5, 0.6) is 0 Å². The van der Waals surface area contributed by atoms with Crippen LogP contribution in [0.15, 0.2) is 12.3 Å². The Balaban J connectivity index is 2.31. The topological polar surface area (TPSA) is 88.4 Å². The van der Waals surface area contributed by atoms with E-state index in [4.69, 9.17) is 0 Å². The van der Waals surface area contributed by atoms with Crippen molar-refractivity contribution in [1.29, 1.82) is 0 Å². The molecule has 1 aromatic rings. The summed E-state index contributed by atoms with van der Waals surface area (Å²) in [5.74, 6) is 0.214. The van der Waals surface area contributed by atoms with E-state index in [2.05, 4.69) is 10.3 Å². The third kappa shape index (κ3) is 3.68. The molecule has 0 spiro atoms. The average molecular weight is 292 g/mol. The lowest BCUT2D eigenvalue weighted by Gasteiger charge is -2.20. The van der Waals surface area contributed by atoms with Crippen LogP contribution in [0.3, 0.4) is 0 Å². The first kappa shape index (κ1) is 15.2. The standard InChI is InChI=1S/C14H20N4O3/c1-2-15-13-9-11(12(10-16-13)18(20)21)14(19)17-7-5-3-4-6-8-17/h9-10H,2-8H2,1H3,(H,15,16). The highest BCUT2D eigenvalue weighted by Gasteiger charge is 2.26. The summed E-state index contributed by atoms with van der Waals surface area (Å²) in [4.78, 5) is 28.9. The van der Waals surface area contributed by atoms with Crippen molar-refractivity contribution in [3.8, 4) is 0 Å². The van der Waals surface area contributed by atoms with Crippen molar-refractivity contribution in [1.82, 2.24) is 9.88 Å². The normalized spacial score (nSPS) is 15.4. The van der Waals surface area contributed by atoms with E-state index < -0.39 is 4.92 Å². The fourth-order valence-electron chi connectivity index (χ4n) is 2.49. The number of amides is 1. The van der Waals surface area contributed by atoms with Crippen molar-refractivity contribution in [2.24, 2.45) is 0 Å². The summed E-state index contributed by atoms with van der Waals surface area (Å²) in [5.41, 5.74) is -0.112. The lowest BCUT2D eigenvalue weighted by atomic mass is 10.2. The number of hydrogen-bond donors (Lipinski definition) is 1. The van der Waals surface area contributed by atoms with E-state index in [1.54, 1.807) is 4.90 Å². The van der Waals surface area contributed by atoms with Crippen LogP contribution in [0.25, 0.3) is 0 Å². The van der Waals surface area contributed by atoms with Gasteiger partial charge in [-0.2, -0.15) is 0 Å². The summed E-state index contributed by atoms with van der Waals surface area (Å²) >= 11 is 0. The molecule has 1 fully saturated rings. The lowest BCUT2D eigenvalue weighted by molar-refractivity contribution is -0.385. The highest BCUT2D eigenvalue weighted by Crippen LogP contribution is 2.23. The molecular weight excluding hydrogens is 272 g/mol. The Morgan fingerprint density at radius 1 is 1.38 bits per heavy atom. The lowest BCUT2D eigenvalue weighted by Crippen LogP contribution is -2.32. The molecule has 1 aliphatic heterocycles. The SMILES string of the molecule is CCNc1cc(C(=O)N2CCCCCC2)c([N+](=O)[O-])cn1. The van der Waals surface area contributed by atoms with Gasteiger partial charge >= 0.3 is 0 Å². The van der Waals surface area contributed by atoms with Gasteiger partial charge in [0.05, 0.1) is 4.92 Å². The zero-order valence-corrected chi connectivity index (χ0v) is 12.2. The van der Waals surface area contributed by atoms with E-state index in [9.17, 15) is 14.9 Å². The van der Waals surface area contributed by atoms with Gasteiger partial charge in [-0.05, 0) is 19.8 Å². The maximum atomic E-state index is 12.6. The predicted molar refractivity (Wildman–Crippen MR) is 79.4 cm³/mol. The maximum absolute atomic E-state index is 12.6. The second kappa shape index (κ2) is 7.01. The molecule has 1 saturated heterocycles. The molecule has 0 radical (unpaired) electrons. The minimum atomic E-state index is -0.548. The first-order chi connectivity index (χ1) is 10.1. The number of hydrogen-bond acceptors (Lipinski definition) is 5. The number of pyridine rings is 1. The van der Waals surface area contributed by atoms with Gasteiger partial charge in [-0.1, -0.05) is 12.8 Å². The van der Waals surface area contributed by atoms with Crippen LogP contribution in [-0.4, -0.2) is 40.3 Å². The van der Waals surface area contributed by atoms with Gasteiger partial charge in [0.25, 0.3) is 11.6 Å². The van der Waals surface area contributed by atoms with Crippen LogP contribution in [0.4, 0.5) is 11.5 Å². The first-order valence-electron chi connectivity index (χ1n) is 7.31. The molecule has 0 unspecified atom stereocenters. The highest BCUT2D eigenvalue weighted by atomic mass is 16.6. The number of nitrogens with zero attached hydrogens (tertiary/aromatic N) is 3. The van der Waals surface area contributed by atoms with Crippen molar-refractivity contribution < 1.29 is 9.72 Å². The van der Waals surface area contributed by atoms with Crippen LogP contribution in [0, 0.1) is 10.1 Å². The number of likely N-dealkylation sites (tertiary alicyclic amines) is 1. The molecule has 1 N–H and O–H groups in total. The van der Waals surface area contributed by atoms with E-state index in [1.807, 2.05) is 6.92 Å². The van der Waals surface area contributed by atoms with E-state index in [-0.39, 0.29) is 17.2 Å². The van der Waals surface area contributed by atoms with Crippen molar-refractivity contribution in [2.75, 3.05) is 25.0 Å². The highest BCUT2D eigenvalue weighted by molar-refractivity contribution is 5.98. The summed E-state index contributed by atoms with van der Waals surface area (Å²) in [7, 11) is 0. The third-order valence-corrected chi connectivity index (χ3v) is 3.56. The molecular formula is C14H20N4O3. The molecule has 0 saturated carbocycles. The molecule has 7 nitrogen and oxygen atoms in total. The van der Waals surface area contributed by atoms with Crippen molar-refractivity contribution in [3.63, 3.8) is 0 Å². The van der Waals surface area contributed by atoms with Gasteiger partial charge in [-0.3, -0.25) is 14.9 Å². The minimum Gasteiger partial charge on any atom is -0.370 e. The maximum Gasteiger partial charge on any atom is 0.300 e. The van der Waals surface area contributed by atoms with Gasteiger partial charge in [0.1, 0.15) is 17.6 Å². The van der Waals surface area contributed by atoms with Gasteiger partial charge in [0.2, 0.25) is 0 Å². The Labute approximate surface area is 123 Å². The quantitative estimate of drug-likeness (QED) is 0.680. The number of nitrogens with one attached hydrogen (secondary N) is 1. The predicted octanol–water partition coefficient (Wildman–Crippen LogP) is 2.44. The van der Waals surface area contributed by atoms with Gasteiger partial charge in [0.15, 0.2) is 0 Å². The van der Waals surface area contributed by atoms with Crippen LogP contribution in [0.2, 0.25) is 0 Å². The minimum absolute atomic E-state index is 0.118. The number of rotatable bonds is 4. The van der Waals surface area contributed by atoms with Gasteiger partial charge in [-0.15, -0.1) is 0 Å². The van der Waals surface area contributed by atoms with E-state index >= 15 is 0 Å². The second-order valence-electron chi connectivity index (χ2n) is 5.08. The molecule has 2 rings (SSSR count). The van der Waals surface area contributed by atoms with E-state index in [0.29, 0.717) is 25.5 Å². The monoisotopic (exact) mass is 292 g/mol. The molecule has 0 atom stereocenters. The largest absolute Gasteiger partial charge is 0.370 e. The first-order valence-corrected chi connectivity index (χ1v) is 7.31. The fourth-order valence-corrected chi connectivity index (χ4v) is 2.49. The van der Waals surface area contributed by atoms with Crippen molar-refractivity contribution in [3.05, 3.63) is 27.9 Å². The Morgan fingerprint density at radius 2 is 2.05 bits per heavy atom. The molecule has 0 bridgehead atoms. The summed E-state index contributed by atoms with van der Waals surface area (Å²) in [6.07, 6.45) is 5.26. The number of aromatic nitrogens is 1. The molecule has 21 heavy (non-hydrogen) atoms. The van der Waals surface area contributed by atoms with Gasteiger partial charge in [-0.25, -0.2) is 4.98 Å². The summed E-state index contributed by atoms with van der Waals surface area (Å²) in [5, 5.41) is 14.1. The summed E-state index contributed by atoms with van der Waals surface area (Å²) in [6, 6.07) is 1.48. The van der Waals surface area contributed by atoms with Crippen molar-refractivity contribution in [2.45, 2.75) is 32.6 Å². The molecule has 0 aromatic carbocycles. The van der Waals surface area contributed by atoms with Crippen molar-refractivity contribution >= 4 is 17.4 Å². The van der Waals surface area contributed by atoms with Crippen LogP contribution in [0.1, 0.15) is 43.0 Å². The number of carbonyl (C=O) groups is 1. The third-order valence-electron chi connectivity index (χ3n) is 3.56. The number of carbonyl (C=O) groups excluding carboxylic acids is 1. The van der Waals surface area contributed by atoms with E-state index in [1.165, 1.54) is 6.07 Å². The van der Waals surface area contributed by atoms with E-state index in [0.717, 1.165) is 31.9 Å². The molecule has 1 aliphatic rings. The van der Waals surface area contributed by atoms with Crippen LogP contribution in [-0.2, 0) is 0 Å². The zero-order valence-electron chi connectivity index (χ0n) is 12.2. The Kier molecular flexibility index (Phi) is 5.08. The molecule has 7 heteroatoms. The number of nitro groups is 1. The Bertz CT molecular complexity index is 525. The zero-order chi connectivity index (χ0) is 15.2. The molecule has 114 valence electrons. The van der Waals surface area contributed by atoms with Crippen LogP contribution < -0.4 is 5.32 Å². The van der Waals surface area contributed by atoms with Crippen LogP contribution >= 0.6 is 0 Å².